The number of halogens is 1. The zero-order valence-corrected chi connectivity index (χ0v) is 14.5. The van der Waals surface area contributed by atoms with Gasteiger partial charge in [-0.25, -0.2) is 9.18 Å². The average molecular weight is 333 g/mol. The van der Waals surface area contributed by atoms with Crippen LogP contribution < -0.4 is 5.32 Å². The van der Waals surface area contributed by atoms with E-state index in [0.717, 1.165) is 26.1 Å². The number of hydrogen-bond donors (Lipinski definition) is 1. The summed E-state index contributed by atoms with van der Waals surface area (Å²) in [4.78, 5) is 16.9. The zero-order chi connectivity index (χ0) is 16.9. The second-order valence-corrected chi connectivity index (χ2v) is 7.20. The van der Waals surface area contributed by atoms with Crippen LogP contribution >= 0.6 is 0 Å². The number of urea groups is 1. The number of nitrogens with one attached hydrogen (secondary N) is 1. The van der Waals surface area contributed by atoms with Crippen molar-refractivity contribution >= 4 is 11.7 Å². The number of likely N-dealkylation sites (tertiary alicyclic amines) is 2. The molecule has 2 heterocycles. The zero-order valence-electron chi connectivity index (χ0n) is 14.5. The lowest BCUT2D eigenvalue weighted by atomic mass is 9.95. The van der Waals surface area contributed by atoms with E-state index in [1.165, 1.54) is 38.3 Å². The van der Waals surface area contributed by atoms with Gasteiger partial charge >= 0.3 is 6.03 Å². The Balaban J connectivity index is 1.55. The minimum Gasteiger partial charge on any atom is -0.324 e. The maximum Gasteiger partial charge on any atom is 0.321 e. The van der Waals surface area contributed by atoms with Gasteiger partial charge in [0.2, 0.25) is 0 Å². The van der Waals surface area contributed by atoms with Crippen molar-refractivity contribution in [3.63, 3.8) is 0 Å². The normalized spacial score (nSPS) is 25.5. The van der Waals surface area contributed by atoms with Gasteiger partial charge in [-0.1, -0.05) is 18.6 Å². The van der Waals surface area contributed by atoms with E-state index >= 15 is 0 Å². The fourth-order valence-corrected chi connectivity index (χ4v) is 3.92. The van der Waals surface area contributed by atoms with Crippen LogP contribution in [0.15, 0.2) is 24.3 Å². The standard InChI is InChI=1S/C19H28FN3O/c1-15-7-4-5-11-22(15)13-16-8-6-12-23(14-16)19(24)21-18-10-3-2-9-17(18)20/h2-3,9-10,15-16H,4-8,11-14H2,1H3,(H,21,24)/t15-,16-/m1/s1. The molecule has 0 aliphatic carbocycles. The van der Waals surface area contributed by atoms with Crippen molar-refractivity contribution in [1.29, 1.82) is 0 Å². The Labute approximate surface area is 144 Å². The lowest BCUT2D eigenvalue weighted by molar-refractivity contribution is 0.104. The number of carbonyl (C=O) groups excluding carboxylic acids is 1. The van der Waals surface area contributed by atoms with Gasteiger partial charge in [0, 0.05) is 25.7 Å². The van der Waals surface area contributed by atoms with Gasteiger partial charge in [-0.2, -0.15) is 0 Å². The van der Waals surface area contributed by atoms with Gasteiger partial charge in [0.15, 0.2) is 0 Å². The average Bonchev–Trinajstić information content (AvgIpc) is 2.59. The number of nitrogens with zero attached hydrogens (tertiary/aromatic N) is 2. The van der Waals surface area contributed by atoms with E-state index in [2.05, 4.69) is 17.1 Å². The number of piperidine rings is 2. The molecule has 24 heavy (non-hydrogen) atoms. The van der Waals surface area contributed by atoms with E-state index in [9.17, 15) is 9.18 Å². The van der Waals surface area contributed by atoms with Crippen LogP contribution in [0.5, 0.6) is 0 Å². The van der Waals surface area contributed by atoms with E-state index in [4.69, 9.17) is 0 Å². The van der Waals surface area contributed by atoms with Gasteiger partial charge in [0.05, 0.1) is 5.69 Å². The van der Waals surface area contributed by atoms with E-state index in [-0.39, 0.29) is 17.5 Å². The first kappa shape index (κ1) is 17.2. The lowest BCUT2D eigenvalue weighted by Gasteiger charge is -2.39. The molecule has 0 spiro atoms. The first-order valence-corrected chi connectivity index (χ1v) is 9.18. The Kier molecular flexibility index (Phi) is 5.72. The van der Waals surface area contributed by atoms with E-state index in [1.807, 2.05) is 4.90 Å². The summed E-state index contributed by atoms with van der Waals surface area (Å²) in [6.07, 6.45) is 6.10. The summed E-state index contributed by atoms with van der Waals surface area (Å²) in [5.74, 6) is 0.132. The van der Waals surface area contributed by atoms with Crippen molar-refractivity contribution in [2.45, 2.75) is 45.1 Å². The van der Waals surface area contributed by atoms with Gasteiger partial charge in [-0.3, -0.25) is 0 Å². The van der Waals surface area contributed by atoms with Crippen LogP contribution in [0.3, 0.4) is 0 Å². The number of rotatable bonds is 3. The molecule has 2 saturated heterocycles. The molecule has 0 saturated carbocycles. The molecule has 1 N–H and O–H groups in total. The third kappa shape index (κ3) is 4.26. The van der Waals surface area contributed by atoms with E-state index in [0.29, 0.717) is 12.0 Å². The minimum absolute atomic E-state index is 0.184. The van der Waals surface area contributed by atoms with Crippen LogP contribution in [0.1, 0.15) is 39.0 Å². The summed E-state index contributed by atoms with van der Waals surface area (Å²) >= 11 is 0. The SMILES string of the molecule is C[C@@H]1CCCCN1C[C@H]1CCCN(C(=O)Nc2ccccc2F)C1. The third-order valence-corrected chi connectivity index (χ3v) is 5.35. The van der Waals surface area contributed by atoms with Crippen molar-refractivity contribution in [2.75, 3.05) is 31.5 Å². The number of amides is 2. The van der Waals surface area contributed by atoms with E-state index < -0.39 is 0 Å². The van der Waals surface area contributed by atoms with Gasteiger partial charge in [-0.05, 0) is 57.2 Å². The number of hydrogen-bond acceptors (Lipinski definition) is 2. The molecule has 1 aromatic rings. The molecule has 132 valence electrons. The highest BCUT2D eigenvalue weighted by atomic mass is 19.1. The molecule has 1 aromatic carbocycles. The van der Waals surface area contributed by atoms with Crippen molar-refractivity contribution in [1.82, 2.24) is 9.80 Å². The van der Waals surface area contributed by atoms with Crippen LogP contribution in [0.2, 0.25) is 0 Å². The molecule has 2 amide bonds. The highest BCUT2D eigenvalue weighted by Gasteiger charge is 2.27. The van der Waals surface area contributed by atoms with Crippen molar-refractivity contribution in [2.24, 2.45) is 5.92 Å². The van der Waals surface area contributed by atoms with Gasteiger partial charge in [-0.15, -0.1) is 0 Å². The Hall–Kier alpha value is -1.62. The predicted molar refractivity (Wildman–Crippen MR) is 94.6 cm³/mol. The maximum absolute atomic E-state index is 13.7. The first-order valence-electron chi connectivity index (χ1n) is 9.18. The minimum atomic E-state index is -0.387. The van der Waals surface area contributed by atoms with E-state index in [1.54, 1.807) is 18.2 Å². The Morgan fingerprint density at radius 2 is 2.04 bits per heavy atom. The Morgan fingerprint density at radius 3 is 2.83 bits per heavy atom. The summed E-state index contributed by atoms with van der Waals surface area (Å²) < 4.78 is 13.7. The largest absolute Gasteiger partial charge is 0.324 e. The number of benzene rings is 1. The summed E-state index contributed by atoms with van der Waals surface area (Å²) in [6, 6.07) is 6.80. The monoisotopic (exact) mass is 333 g/mol. The fraction of sp³-hybridized carbons (Fsp3) is 0.632. The summed E-state index contributed by atoms with van der Waals surface area (Å²) in [7, 11) is 0. The number of carbonyl (C=O) groups is 1. The Bertz CT molecular complexity index is 565. The molecular formula is C19H28FN3O. The number of anilines is 1. The molecule has 2 aliphatic heterocycles. The first-order chi connectivity index (χ1) is 11.6. The van der Waals surface area contributed by atoms with Gasteiger partial charge in [0.1, 0.15) is 5.82 Å². The highest BCUT2D eigenvalue weighted by molar-refractivity contribution is 5.89. The Morgan fingerprint density at radius 1 is 1.21 bits per heavy atom. The van der Waals surface area contributed by atoms with Crippen LogP contribution in [0.4, 0.5) is 14.9 Å². The van der Waals surface area contributed by atoms with Crippen LogP contribution in [0, 0.1) is 11.7 Å². The molecule has 2 fully saturated rings. The molecule has 0 radical (unpaired) electrons. The van der Waals surface area contributed by atoms with Gasteiger partial charge in [0.25, 0.3) is 0 Å². The maximum atomic E-state index is 13.7. The van der Waals surface area contributed by atoms with Crippen molar-refractivity contribution in [3.8, 4) is 0 Å². The van der Waals surface area contributed by atoms with Crippen LogP contribution in [0.25, 0.3) is 0 Å². The summed E-state index contributed by atoms with van der Waals surface area (Å²) in [5, 5.41) is 2.71. The molecule has 0 aromatic heterocycles. The molecule has 2 atom stereocenters. The van der Waals surface area contributed by atoms with Crippen molar-refractivity contribution in [3.05, 3.63) is 30.1 Å². The van der Waals surface area contributed by atoms with Gasteiger partial charge < -0.3 is 15.1 Å². The predicted octanol–water partition coefficient (Wildman–Crippen LogP) is 3.94. The molecular weight excluding hydrogens is 305 g/mol. The topological polar surface area (TPSA) is 35.6 Å². The molecule has 0 unspecified atom stereocenters. The second-order valence-electron chi connectivity index (χ2n) is 7.20. The third-order valence-electron chi connectivity index (χ3n) is 5.35. The summed E-state index contributed by atoms with van der Waals surface area (Å²) in [6.45, 7) is 6.09. The van der Waals surface area contributed by atoms with Crippen molar-refractivity contribution < 1.29 is 9.18 Å². The molecule has 3 rings (SSSR count). The highest BCUT2D eigenvalue weighted by Crippen LogP contribution is 2.23. The quantitative estimate of drug-likeness (QED) is 0.909. The van der Waals surface area contributed by atoms with Crippen LogP contribution in [-0.2, 0) is 0 Å². The molecule has 0 bridgehead atoms. The fourth-order valence-electron chi connectivity index (χ4n) is 3.92. The smallest absolute Gasteiger partial charge is 0.321 e. The summed E-state index contributed by atoms with van der Waals surface area (Å²) in [5.41, 5.74) is 0.259. The molecule has 5 heteroatoms. The molecule has 4 nitrogen and oxygen atoms in total. The second kappa shape index (κ2) is 7.97. The van der Waals surface area contributed by atoms with Crippen LogP contribution in [-0.4, -0.2) is 48.1 Å². The number of para-hydroxylation sites is 1. The lowest BCUT2D eigenvalue weighted by Crippen LogP contribution is -2.47. The molecule has 2 aliphatic rings.